The molecule has 0 spiro atoms. The van der Waals surface area contributed by atoms with Crippen LogP contribution in [0.1, 0.15) is 44.7 Å². The molecule has 7 nitrogen and oxygen atoms in total. The molecule has 1 heterocycles. The van der Waals surface area contributed by atoms with Crippen molar-refractivity contribution in [2.75, 3.05) is 5.32 Å². The number of anilines is 1. The Balaban J connectivity index is 1.82. The lowest BCUT2D eigenvalue weighted by atomic mass is 9.87. The minimum atomic E-state index is -0.678. The molecule has 0 fully saturated rings. The normalized spacial score (nSPS) is 13.7. The Bertz CT molecular complexity index is 1250. The molecule has 0 bridgehead atoms. The highest BCUT2D eigenvalue weighted by atomic mass is 16.6. The van der Waals surface area contributed by atoms with Gasteiger partial charge in [0.1, 0.15) is 5.60 Å². The van der Waals surface area contributed by atoms with Crippen molar-refractivity contribution < 1.29 is 9.53 Å². The van der Waals surface area contributed by atoms with Crippen molar-refractivity contribution in [1.29, 1.82) is 0 Å². The van der Waals surface area contributed by atoms with Gasteiger partial charge in [0.15, 0.2) is 0 Å². The lowest BCUT2D eigenvalue weighted by molar-refractivity contribution is 0.0636. The largest absolute Gasteiger partial charge is 0.444 e. The van der Waals surface area contributed by atoms with Crippen molar-refractivity contribution in [2.24, 2.45) is 0 Å². The molecule has 7 heteroatoms. The van der Waals surface area contributed by atoms with Crippen LogP contribution in [0, 0.1) is 0 Å². The summed E-state index contributed by atoms with van der Waals surface area (Å²) in [6.45, 7) is 5.41. The fourth-order valence-electron chi connectivity index (χ4n) is 3.93. The van der Waals surface area contributed by atoms with Gasteiger partial charge in [-0.3, -0.25) is 14.9 Å². The maximum atomic E-state index is 12.1. The van der Waals surface area contributed by atoms with E-state index in [1.54, 1.807) is 26.8 Å². The number of rotatable bonds is 2. The van der Waals surface area contributed by atoms with Gasteiger partial charge in [0.25, 0.3) is 0 Å². The molecular weight excluding hydrogens is 382 g/mol. The molecule has 0 saturated heterocycles. The van der Waals surface area contributed by atoms with Crippen LogP contribution in [-0.4, -0.2) is 21.7 Å². The highest BCUT2D eigenvalue weighted by Crippen LogP contribution is 2.34. The molecule has 0 unspecified atom stereocenters. The summed E-state index contributed by atoms with van der Waals surface area (Å²) in [6.07, 6.45) is 3.40. The zero-order chi connectivity index (χ0) is 21.5. The summed E-state index contributed by atoms with van der Waals surface area (Å²) in [4.78, 5) is 41.7. The zero-order valence-electron chi connectivity index (χ0n) is 17.3. The zero-order valence-corrected chi connectivity index (χ0v) is 17.3. The minimum absolute atomic E-state index is 0.535. The number of aromatic amines is 2. The monoisotopic (exact) mass is 407 g/mol. The maximum absolute atomic E-state index is 12.1. The predicted molar refractivity (Wildman–Crippen MR) is 117 cm³/mol. The molecule has 1 aromatic heterocycles. The van der Waals surface area contributed by atoms with Gasteiger partial charge in [0, 0.05) is 11.3 Å². The average molecular weight is 407 g/mol. The van der Waals surface area contributed by atoms with Gasteiger partial charge in [-0.15, -0.1) is 0 Å². The number of ether oxygens (including phenoxy) is 1. The van der Waals surface area contributed by atoms with Gasteiger partial charge in [0.2, 0.25) is 0 Å². The molecule has 4 rings (SSSR count). The molecular formula is C23H25N3O4. The number of hydrogen-bond donors (Lipinski definition) is 3. The van der Waals surface area contributed by atoms with Crippen LogP contribution in [0.3, 0.4) is 0 Å². The van der Waals surface area contributed by atoms with Gasteiger partial charge < -0.3 is 14.7 Å². The summed E-state index contributed by atoms with van der Waals surface area (Å²) in [5, 5.41) is 2.75. The third-order valence-corrected chi connectivity index (χ3v) is 5.15. The highest BCUT2D eigenvalue weighted by molar-refractivity contribution is 5.95. The lowest BCUT2D eigenvalue weighted by Gasteiger charge is -2.21. The SMILES string of the molecule is CC(C)(C)OC(=O)Nc1cccc(-c2cc3c(c4[nH]c(=O)c(=O)[nH]c24)CCCC3)c1. The third kappa shape index (κ3) is 4.01. The second-order valence-corrected chi connectivity index (χ2v) is 8.63. The van der Waals surface area contributed by atoms with E-state index in [0.717, 1.165) is 42.4 Å². The van der Waals surface area contributed by atoms with E-state index in [4.69, 9.17) is 4.74 Å². The third-order valence-electron chi connectivity index (χ3n) is 5.15. The van der Waals surface area contributed by atoms with Crippen molar-refractivity contribution in [3.05, 3.63) is 62.2 Å². The van der Waals surface area contributed by atoms with Crippen molar-refractivity contribution in [1.82, 2.24) is 9.97 Å². The van der Waals surface area contributed by atoms with Crippen LogP contribution in [0.25, 0.3) is 22.2 Å². The van der Waals surface area contributed by atoms with Crippen molar-refractivity contribution in [3.8, 4) is 11.1 Å². The van der Waals surface area contributed by atoms with E-state index < -0.39 is 22.8 Å². The first-order valence-electron chi connectivity index (χ1n) is 10.1. The minimum Gasteiger partial charge on any atom is -0.444 e. The van der Waals surface area contributed by atoms with Crippen LogP contribution in [0.2, 0.25) is 0 Å². The summed E-state index contributed by atoms with van der Waals surface area (Å²) in [6, 6.07) is 9.43. The van der Waals surface area contributed by atoms with Crippen LogP contribution in [0.5, 0.6) is 0 Å². The van der Waals surface area contributed by atoms with Gasteiger partial charge in [0.05, 0.1) is 11.0 Å². The van der Waals surface area contributed by atoms with E-state index in [9.17, 15) is 14.4 Å². The first-order valence-corrected chi connectivity index (χ1v) is 10.1. The standard InChI is InChI=1S/C23H25N3O4/c1-23(2,3)30-22(29)24-15-9-6-8-13(11-15)17-12-14-7-4-5-10-16(14)18-19(17)26-21(28)20(27)25-18/h6,8-9,11-12H,4-5,7,10H2,1-3H3,(H,24,29)(H,25,27)(H,26,28). The summed E-state index contributed by atoms with van der Waals surface area (Å²) < 4.78 is 5.32. The van der Waals surface area contributed by atoms with Crippen LogP contribution in [-0.2, 0) is 17.6 Å². The van der Waals surface area contributed by atoms with Gasteiger partial charge >= 0.3 is 17.2 Å². The van der Waals surface area contributed by atoms with Gasteiger partial charge in [-0.1, -0.05) is 12.1 Å². The predicted octanol–water partition coefficient (Wildman–Crippen LogP) is 4.11. The summed E-state index contributed by atoms with van der Waals surface area (Å²) in [5.74, 6) is 0. The maximum Gasteiger partial charge on any atom is 0.412 e. The molecule has 2 aromatic carbocycles. The molecule has 30 heavy (non-hydrogen) atoms. The molecule has 1 aliphatic carbocycles. The number of carbonyl (C=O) groups excluding carboxylic acids is 1. The van der Waals surface area contributed by atoms with Crippen LogP contribution in [0.4, 0.5) is 10.5 Å². The number of aromatic nitrogens is 2. The summed E-state index contributed by atoms with van der Waals surface area (Å²) >= 11 is 0. The Hall–Kier alpha value is -3.35. The molecule has 0 radical (unpaired) electrons. The quantitative estimate of drug-likeness (QED) is 0.556. The van der Waals surface area contributed by atoms with Crippen LogP contribution < -0.4 is 16.4 Å². The smallest absolute Gasteiger partial charge is 0.412 e. The number of aryl methyl sites for hydroxylation is 2. The van der Waals surface area contributed by atoms with E-state index >= 15 is 0 Å². The van der Waals surface area contributed by atoms with Crippen molar-refractivity contribution >= 4 is 22.8 Å². The molecule has 0 atom stereocenters. The van der Waals surface area contributed by atoms with Crippen LogP contribution >= 0.6 is 0 Å². The number of benzene rings is 2. The Kier molecular flexibility index (Phi) is 4.97. The van der Waals surface area contributed by atoms with E-state index in [1.807, 2.05) is 18.2 Å². The van der Waals surface area contributed by atoms with Crippen molar-refractivity contribution in [3.63, 3.8) is 0 Å². The molecule has 1 aliphatic rings. The average Bonchev–Trinajstić information content (AvgIpc) is 2.67. The number of H-pyrrole nitrogens is 2. The van der Waals surface area contributed by atoms with Gasteiger partial charge in [-0.05, 0) is 81.3 Å². The number of amides is 1. The Labute approximate surface area is 173 Å². The molecule has 1 amide bonds. The first-order chi connectivity index (χ1) is 14.2. The van der Waals surface area contributed by atoms with Crippen molar-refractivity contribution in [2.45, 2.75) is 52.1 Å². The topological polar surface area (TPSA) is 104 Å². The number of hydrogen-bond acceptors (Lipinski definition) is 4. The van der Waals surface area contributed by atoms with E-state index in [1.165, 1.54) is 5.56 Å². The summed E-state index contributed by atoms with van der Waals surface area (Å²) in [7, 11) is 0. The molecule has 3 N–H and O–H groups in total. The fourth-order valence-corrected chi connectivity index (χ4v) is 3.93. The van der Waals surface area contributed by atoms with Crippen LogP contribution in [0.15, 0.2) is 39.9 Å². The Morgan fingerprint density at radius 2 is 1.70 bits per heavy atom. The number of fused-ring (bicyclic) bond motifs is 3. The van der Waals surface area contributed by atoms with E-state index in [-0.39, 0.29) is 0 Å². The second kappa shape index (κ2) is 7.48. The molecule has 0 aliphatic heterocycles. The molecule has 3 aromatic rings. The number of carbonyl (C=O) groups is 1. The lowest BCUT2D eigenvalue weighted by Crippen LogP contribution is -2.29. The van der Waals surface area contributed by atoms with E-state index in [0.29, 0.717) is 16.7 Å². The van der Waals surface area contributed by atoms with Gasteiger partial charge in [-0.25, -0.2) is 4.79 Å². The Morgan fingerprint density at radius 1 is 1.00 bits per heavy atom. The summed E-state index contributed by atoms with van der Waals surface area (Å²) in [5.41, 5.74) is 3.87. The van der Waals surface area contributed by atoms with Gasteiger partial charge in [-0.2, -0.15) is 0 Å². The highest BCUT2D eigenvalue weighted by Gasteiger charge is 2.19. The van der Waals surface area contributed by atoms with E-state index in [2.05, 4.69) is 21.4 Å². The molecule has 0 saturated carbocycles. The molecule has 156 valence electrons. The number of nitrogens with one attached hydrogen (secondary N) is 3. The first kappa shape index (κ1) is 19.9. The Morgan fingerprint density at radius 3 is 2.43 bits per heavy atom. The second-order valence-electron chi connectivity index (χ2n) is 8.63. The fraction of sp³-hybridized carbons (Fsp3) is 0.348.